The highest BCUT2D eigenvalue weighted by molar-refractivity contribution is 6.39. The molecule has 0 saturated carbocycles. The molecule has 1 aromatic rings. The minimum Gasteiger partial charge on any atom is -0.459 e. The van der Waals surface area contributed by atoms with Gasteiger partial charge in [-0.2, -0.15) is 0 Å². The van der Waals surface area contributed by atoms with Crippen molar-refractivity contribution >= 4 is 29.2 Å². The van der Waals surface area contributed by atoms with Crippen molar-refractivity contribution in [2.75, 3.05) is 18.6 Å². The fraction of sp³-hybridized carbons (Fsp3) is 0.357. The lowest BCUT2D eigenvalue weighted by Crippen LogP contribution is -2.49. The predicted octanol–water partition coefficient (Wildman–Crippen LogP) is 0.162. The zero-order valence-corrected chi connectivity index (χ0v) is 12.6. The molecule has 0 saturated heterocycles. The molecule has 9 heteroatoms. The monoisotopic (exact) mass is 321 g/mol. The van der Waals surface area contributed by atoms with Crippen molar-refractivity contribution in [3.63, 3.8) is 0 Å². The molecule has 0 fully saturated rings. The van der Waals surface area contributed by atoms with E-state index in [4.69, 9.17) is 0 Å². The summed E-state index contributed by atoms with van der Waals surface area (Å²) in [6.07, 6.45) is 0.165. The number of nitro groups is 1. The lowest BCUT2D eigenvalue weighted by Gasteiger charge is -2.23. The number of esters is 1. The summed E-state index contributed by atoms with van der Waals surface area (Å²) >= 11 is 0. The third kappa shape index (κ3) is 2.98. The minimum absolute atomic E-state index is 0.00481. The highest BCUT2D eigenvalue weighted by Gasteiger charge is 2.41. The van der Waals surface area contributed by atoms with Crippen LogP contribution in [0.15, 0.2) is 18.2 Å². The van der Waals surface area contributed by atoms with Gasteiger partial charge < -0.3 is 10.1 Å². The topological polar surface area (TPSA) is 119 Å². The maximum Gasteiger partial charge on any atom is 0.397 e. The Labute approximate surface area is 131 Å². The highest BCUT2D eigenvalue weighted by Crippen LogP contribution is 2.35. The van der Waals surface area contributed by atoms with Gasteiger partial charge in [-0.05, 0) is 12.5 Å². The Morgan fingerprint density at radius 1 is 1.43 bits per heavy atom. The van der Waals surface area contributed by atoms with E-state index < -0.39 is 28.7 Å². The number of hydrogen-bond acceptors (Lipinski definition) is 6. The van der Waals surface area contributed by atoms with Crippen molar-refractivity contribution in [2.45, 2.75) is 19.4 Å². The average Bonchev–Trinajstić information content (AvgIpc) is 2.91. The first-order chi connectivity index (χ1) is 10.9. The Bertz CT molecular complexity index is 687. The maximum absolute atomic E-state index is 12.3. The molecular formula is C14H15N3O6. The van der Waals surface area contributed by atoms with Gasteiger partial charge in [0.25, 0.3) is 5.69 Å². The van der Waals surface area contributed by atoms with E-state index in [0.717, 1.165) is 4.90 Å². The van der Waals surface area contributed by atoms with Gasteiger partial charge in [0.15, 0.2) is 0 Å². The molecule has 0 aliphatic carbocycles. The summed E-state index contributed by atoms with van der Waals surface area (Å²) in [5.41, 5.74) is 0.510. The molecule has 0 spiro atoms. The average molecular weight is 321 g/mol. The number of nitro benzene ring substituents is 1. The van der Waals surface area contributed by atoms with Gasteiger partial charge in [0, 0.05) is 25.6 Å². The molecule has 1 aliphatic heterocycles. The van der Waals surface area contributed by atoms with Crippen LogP contribution in [0.2, 0.25) is 0 Å². The molecule has 1 N–H and O–H groups in total. The summed E-state index contributed by atoms with van der Waals surface area (Å²) in [7, 11) is 1.40. The number of fused-ring (bicyclic) bond motifs is 1. The zero-order chi connectivity index (χ0) is 17.1. The first-order valence-corrected chi connectivity index (χ1v) is 6.89. The number of nitrogens with one attached hydrogen (secondary N) is 1. The van der Waals surface area contributed by atoms with Crippen LogP contribution < -0.4 is 10.2 Å². The minimum atomic E-state index is -1.11. The van der Waals surface area contributed by atoms with Gasteiger partial charge in [-0.25, -0.2) is 4.79 Å². The van der Waals surface area contributed by atoms with Crippen LogP contribution in [0.25, 0.3) is 0 Å². The van der Waals surface area contributed by atoms with Crippen LogP contribution in [0.3, 0.4) is 0 Å². The van der Waals surface area contributed by atoms with E-state index in [1.165, 1.54) is 25.2 Å². The van der Waals surface area contributed by atoms with Crippen LogP contribution in [0.5, 0.6) is 0 Å². The normalized spacial score (nSPS) is 15.7. The second-order valence-corrected chi connectivity index (χ2v) is 4.80. The van der Waals surface area contributed by atoms with E-state index in [9.17, 15) is 24.5 Å². The fourth-order valence-electron chi connectivity index (χ4n) is 2.45. The molecular weight excluding hydrogens is 306 g/mol. The largest absolute Gasteiger partial charge is 0.459 e. The molecule has 0 aromatic heterocycles. The number of benzene rings is 1. The van der Waals surface area contributed by atoms with Gasteiger partial charge in [0.05, 0.1) is 17.2 Å². The van der Waals surface area contributed by atoms with Crippen molar-refractivity contribution in [1.82, 2.24) is 5.32 Å². The number of carbonyl (C=O) groups is 3. The number of carbonyl (C=O) groups excluding carboxylic acids is 3. The van der Waals surface area contributed by atoms with Crippen LogP contribution in [0, 0.1) is 10.1 Å². The molecule has 1 aromatic carbocycles. The molecule has 1 atom stereocenters. The summed E-state index contributed by atoms with van der Waals surface area (Å²) in [4.78, 5) is 47.3. The first-order valence-electron chi connectivity index (χ1n) is 6.89. The number of likely N-dealkylation sites (N-methyl/N-ethyl adjacent to an activating group) is 1. The van der Waals surface area contributed by atoms with Gasteiger partial charge in [-0.1, -0.05) is 6.07 Å². The lowest BCUT2D eigenvalue weighted by atomic mass is 10.1. The second kappa shape index (κ2) is 6.42. The standard InChI is InChI=1S/C14H15N3O6/c1-3-23-14(20)13(19)16-10-7-9(17(21)22)5-4-8(10)6-11(16)12(18)15-2/h4-5,7,11H,3,6H2,1-2H3,(H,15,18). The predicted molar refractivity (Wildman–Crippen MR) is 78.8 cm³/mol. The number of amides is 2. The maximum atomic E-state index is 12.3. The van der Waals surface area contributed by atoms with Gasteiger partial charge in [-0.15, -0.1) is 0 Å². The quantitative estimate of drug-likeness (QED) is 0.367. The third-order valence-electron chi connectivity index (χ3n) is 3.48. The third-order valence-corrected chi connectivity index (χ3v) is 3.48. The summed E-state index contributed by atoms with van der Waals surface area (Å²) in [5.74, 6) is -2.61. The Morgan fingerprint density at radius 2 is 2.13 bits per heavy atom. The van der Waals surface area contributed by atoms with E-state index in [1.54, 1.807) is 6.92 Å². The summed E-state index contributed by atoms with van der Waals surface area (Å²) in [6, 6.07) is 2.99. The number of anilines is 1. The molecule has 2 amide bonds. The molecule has 2 rings (SSSR count). The number of hydrogen-bond donors (Lipinski definition) is 1. The fourth-order valence-corrected chi connectivity index (χ4v) is 2.45. The highest BCUT2D eigenvalue weighted by atomic mass is 16.6. The van der Waals surface area contributed by atoms with Crippen LogP contribution >= 0.6 is 0 Å². The second-order valence-electron chi connectivity index (χ2n) is 4.80. The number of rotatable bonds is 3. The van der Waals surface area contributed by atoms with Gasteiger partial charge in [-0.3, -0.25) is 24.6 Å². The smallest absolute Gasteiger partial charge is 0.397 e. The molecule has 23 heavy (non-hydrogen) atoms. The number of non-ortho nitro benzene ring substituents is 1. The first kappa shape index (κ1) is 16.4. The van der Waals surface area contributed by atoms with Crippen LogP contribution in [-0.4, -0.2) is 42.4 Å². The van der Waals surface area contributed by atoms with E-state index in [1.807, 2.05) is 0 Å². The van der Waals surface area contributed by atoms with Crippen molar-refractivity contribution in [1.29, 1.82) is 0 Å². The van der Waals surface area contributed by atoms with Gasteiger partial charge in [0.2, 0.25) is 5.91 Å². The van der Waals surface area contributed by atoms with E-state index >= 15 is 0 Å². The Kier molecular flexibility index (Phi) is 4.58. The van der Waals surface area contributed by atoms with Crippen LogP contribution in [0.1, 0.15) is 12.5 Å². The van der Waals surface area contributed by atoms with E-state index in [-0.39, 0.29) is 24.4 Å². The molecule has 1 aliphatic rings. The molecule has 0 bridgehead atoms. The summed E-state index contributed by atoms with van der Waals surface area (Å²) in [6.45, 7) is 1.55. The summed E-state index contributed by atoms with van der Waals surface area (Å²) < 4.78 is 4.67. The van der Waals surface area contributed by atoms with Gasteiger partial charge in [0.1, 0.15) is 6.04 Å². The van der Waals surface area contributed by atoms with Crippen LogP contribution in [0.4, 0.5) is 11.4 Å². The van der Waals surface area contributed by atoms with Crippen LogP contribution in [-0.2, 0) is 25.5 Å². The Balaban J connectivity index is 2.48. The van der Waals surface area contributed by atoms with E-state index in [2.05, 4.69) is 10.1 Å². The zero-order valence-electron chi connectivity index (χ0n) is 12.6. The Morgan fingerprint density at radius 3 is 2.70 bits per heavy atom. The van der Waals surface area contributed by atoms with Crippen molar-refractivity contribution in [3.05, 3.63) is 33.9 Å². The molecule has 9 nitrogen and oxygen atoms in total. The molecule has 0 radical (unpaired) electrons. The number of nitrogens with zero attached hydrogens (tertiary/aromatic N) is 2. The van der Waals surface area contributed by atoms with E-state index in [0.29, 0.717) is 5.56 Å². The molecule has 122 valence electrons. The SMILES string of the molecule is CCOC(=O)C(=O)N1c2cc([N+](=O)[O-])ccc2CC1C(=O)NC. The van der Waals surface area contributed by atoms with Crippen molar-refractivity contribution in [3.8, 4) is 0 Å². The lowest BCUT2D eigenvalue weighted by molar-refractivity contribution is -0.384. The Hall–Kier alpha value is -2.97. The summed E-state index contributed by atoms with van der Waals surface area (Å²) in [5, 5.41) is 13.3. The van der Waals surface area contributed by atoms with Crippen molar-refractivity contribution < 1.29 is 24.0 Å². The van der Waals surface area contributed by atoms with Crippen molar-refractivity contribution in [2.24, 2.45) is 0 Å². The van der Waals surface area contributed by atoms with Gasteiger partial charge >= 0.3 is 11.9 Å². The molecule has 1 heterocycles. The number of ether oxygens (including phenoxy) is 1. The molecule has 1 unspecified atom stereocenters.